The van der Waals surface area contributed by atoms with Crippen molar-refractivity contribution in [3.63, 3.8) is 0 Å². The van der Waals surface area contributed by atoms with Crippen LogP contribution in [0.3, 0.4) is 0 Å². The van der Waals surface area contributed by atoms with Crippen LogP contribution in [0.1, 0.15) is 97.3 Å². The molecule has 0 bridgehead atoms. The second kappa shape index (κ2) is 16.3. The van der Waals surface area contributed by atoms with Gasteiger partial charge in [0.1, 0.15) is 0 Å². The summed E-state index contributed by atoms with van der Waals surface area (Å²) in [4.78, 5) is 11.1. The summed E-state index contributed by atoms with van der Waals surface area (Å²) in [6, 6.07) is 0. The van der Waals surface area contributed by atoms with Gasteiger partial charge in [0.15, 0.2) is 0 Å². The Kier molecular flexibility index (Phi) is 15.6. The molecular weight excluding hydrogens is 248 g/mol. The quantitative estimate of drug-likeness (QED) is 0.217. The minimum atomic E-state index is -0.119. The molecular formula is C18H34O2. The van der Waals surface area contributed by atoms with Crippen LogP contribution in [-0.4, -0.2) is 5.97 Å². The zero-order chi connectivity index (χ0) is 14.9. The molecule has 0 aliphatic carbocycles. The molecule has 0 rings (SSSR count). The number of ether oxygens (including phenoxy) is 1. The highest BCUT2D eigenvalue weighted by molar-refractivity contribution is 5.69. The van der Waals surface area contributed by atoms with Crippen LogP contribution >= 0.6 is 0 Å². The Morgan fingerprint density at radius 3 is 1.90 bits per heavy atom. The Morgan fingerprint density at radius 1 is 0.800 bits per heavy atom. The minimum Gasteiger partial charge on any atom is -0.435 e. The molecule has 0 aromatic carbocycles. The lowest BCUT2D eigenvalue weighted by atomic mass is 10.1. The highest BCUT2D eigenvalue weighted by Gasteiger charge is 1.96. The summed E-state index contributed by atoms with van der Waals surface area (Å²) in [5.41, 5.74) is 0. The van der Waals surface area contributed by atoms with Gasteiger partial charge in [-0.05, 0) is 25.3 Å². The maximum absolute atomic E-state index is 11.1. The molecule has 0 aromatic heterocycles. The number of carbonyl (C=O) groups excluding carboxylic acids is 1. The second-order valence-corrected chi connectivity index (χ2v) is 5.58. The Labute approximate surface area is 126 Å². The predicted molar refractivity (Wildman–Crippen MR) is 86.6 cm³/mol. The average Bonchev–Trinajstić information content (AvgIpc) is 2.44. The summed E-state index contributed by atoms with van der Waals surface area (Å²) < 4.78 is 4.95. The number of unbranched alkanes of at least 4 members (excludes halogenated alkanes) is 10. The van der Waals surface area contributed by atoms with Crippen molar-refractivity contribution in [3.8, 4) is 0 Å². The fourth-order valence-corrected chi connectivity index (χ4v) is 2.20. The number of hydrogen-bond acceptors (Lipinski definition) is 2. The maximum Gasteiger partial charge on any atom is 0.310 e. The van der Waals surface area contributed by atoms with Gasteiger partial charge in [-0.2, -0.15) is 0 Å². The highest BCUT2D eigenvalue weighted by atomic mass is 16.5. The Morgan fingerprint density at radius 2 is 1.35 bits per heavy atom. The summed E-state index contributed by atoms with van der Waals surface area (Å²) in [6.45, 7) is 4.24. The van der Waals surface area contributed by atoms with Gasteiger partial charge < -0.3 is 4.74 Å². The first-order chi connectivity index (χ1) is 9.81. The number of hydrogen-bond donors (Lipinski definition) is 0. The van der Waals surface area contributed by atoms with E-state index in [1.165, 1.54) is 64.2 Å². The fourth-order valence-electron chi connectivity index (χ4n) is 2.20. The average molecular weight is 282 g/mol. The van der Waals surface area contributed by atoms with Crippen molar-refractivity contribution < 1.29 is 9.53 Å². The van der Waals surface area contributed by atoms with Crippen LogP contribution in [0.15, 0.2) is 12.3 Å². The van der Waals surface area contributed by atoms with E-state index in [9.17, 15) is 4.79 Å². The van der Waals surface area contributed by atoms with E-state index in [0.29, 0.717) is 6.42 Å². The first-order valence-electron chi connectivity index (χ1n) is 8.65. The van der Waals surface area contributed by atoms with Gasteiger partial charge >= 0.3 is 5.97 Å². The molecule has 0 heterocycles. The lowest BCUT2D eigenvalue weighted by molar-refractivity contribution is -0.138. The topological polar surface area (TPSA) is 26.3 Å². The van der Waals surface area contributed by atoms with Crippen LogP contribution in [0, 0.1) is 0 Å². The van der Waals surface area contributed by atoms with Crippen molar-refractivity contribution in [2.24, 2.45) is 0 Å². The molecule has 0 amide bonds. The Bertz CT molecular complexity index is 234. The predicted octanol–water partition coefficient (Wildman–Crippen LogP) is 6.15. The van der Waals surface area contributed by atoms with Gasteiger partial charge in [-0.3, -0.25) is 4.79 Å². The highest BCUT2D eigenvalue weighted by Crippen LogP contribution is 2.11. The van der Waals surface area contributed by atoms with Crippen LogP contribution < -0.4 is 0 Å². The van der Waals surface area contributed by atoms with Gasteiger partial charge in [0, 0.05) is 6.42 Å². The van der Waals surface area contributed by atoms with E-state index in [0.717, 1.165) is 12.8 Å². The lowest BCUT2D eigenvalue weighted by Crippen LogP contribution is -1.97. The molecule has 0 aromatic rings. The third kappa shape index (κ3) is 15.3. The molecule has 0 saturated carbocycles. The molecule has 118 valence electrons. The van der Waals surface area contributed by atoms with E-state index in [2.05, 4.69) is 6.92 Å². The second-order valence-electron chi connectivity index (χ2n) is 5.58. The SMILES string of the molecule is CCCCCCCCCCCCC=COC(=O)CCC. The summed E-state index contributed by atoms with van der Waals surface area (Å²) in [5, 5.41) is 0. The van der Waals surface area contributed by atoms with Crippen LogP contribution in [0.4, 0.5) is 0 Å². The molecule has 2 heteroatoms. The van der Waals surface area contributed by atoms with Crippen molar-refractivity contribution in [3.05, 3.63) is 12.3 Å². The summed E-state index contributed by atoms with van der Waals surface area (Å²) in [6.07, 6.45) is 19.5. The van der Waals surface area contributed by atoms with E-state index in [4.69, 9.17) is 4.74 Å². The maximum atomic E-state index is 11.1. The molecule has 0 fully saturated rings. The molecule has 0 spiro atoms. The van der Waals surface area contributed by atoms with Gasteiger partial charge in [-0.1, -0.05) is 71.6 Å². The van der Waals surface area contributed by atoms with Crippen molar-refractivity contribution >= 4 is 5.97 Å². The number of rotatable bonds is 14. The third-order valence-electron chi connectivity index (χ3n) is 3.47. The molecule has 0 aliphatic heterocycles. The van der Waals surface area contributed by atoms with Gasteiger partial charge in [-0.15, -0.1) is 0 Å². The van der Waals surface area contributed by atoms with Crippen LogP contribution in [0.25, 0.3) is 0 Å². The van der Waals surface area contributed by atoms with Gasteiger partial charge in [0.05, 0.1) is 6.26 Å². The fraction of sp³-hybridized carbons (Fsp3) is 0.833. The van der Waals surface area contributed by atoms with Crippen molar-refractivity contribution in [2.75, 3.05) is 0 Å². The van der Waals surface area contributed by atoms with E-state index >= 15 is 0 Å². The molecule has 20 heavy (non-hydrogen) atoms. The Balaban J connectivity index is 3.12. The van der Waals surface area contributed by atoms with E-state index in [1.54, 1.807) is 6.26 Å². The zero-order valence-corrected chi connectivity index (χ0v) is 13.7. The summed E-state index contributed by atoms with van der Waals surface area (Å²) in [5.74, 6) is -0.119. The number of carbonyl (C=O) groups is 1. The molecule has 0 aliphatic rings. The van der Waals surface area contributed by atoms with Crippen molar-refractivity contribution in [1.29, 1.82) is 0 Å². The standard InChI is InChI=1S/C18H34O2/c1-3-5-6-7-8-9-10-11-12-13-14-15-17-20-18(19)16-4-2/h15,17H,3-14,16H2,1-2H3. The normalized spacial score (nSPS) is 11.1. The van der Waals surface area contributed by atoms with Crippen LogP contribution in [0.2, 0.25) is 0 Å². The van der Waals surface area contributed by atoms with Crippen LogP contribution in [0.5, 0.6) is 0 Å². The van der Waals surface area contributed by atoms with Gasteiger partial charge in [-0.25, -0.2) is 0 Å². The number of allylic oxidation sites excluding steroid dienone is 1. The summed E-state index contributed by atoms with van der Waals surface area (Å²) >= 11 is 0. The van der Waals surface area contributed by atoms with Crippen LogP contribution in [-0.2, 0) is 9.53 Å². The largest absolute Gasteiger partial charge is 0.435 e. The molecule has 2 nitrogen and oxygen atoms in total. The molecule has 0 radical (unpaired) electrons. The molecule has 0 N–H and O–H groups in total. The summed E-state index contributed by atoms with van der Waals surface area (Å²) in [7, 11) is 0. The lowest BCUT2D eigenvalue weighted by Gasteiger charge is -2.01. The van der Waals surface area contributed by atoms with E-state index in [-0.39, 0.29) is 5.97 Å². The molecule has 0 saturated heterocycles. The van der Waals surface area contributed by atoms with Gasteiger partial charge in [0.2, 0.25) is 0 Å². The van der Waals surface area contributed by atoms with E-state index < -0.39 is 0 Å². The molecule has 0 unspecified atom stereocenters. The number of esters is 1. The monoisotopic (exact) mass is 282 g/mol. The minimum absolute atomic E-state index is 0.119. The van der Waals surface area contributed by atoms with Gasteiger partial charge in [0.25, 0.3) is 0 Å². The third-order valence-corrected chi connectivity index (χ3v) is 3.47. The molecule has 0 atom stereocenters. The first-order valence-corrected chi connectivity index (χ1v) is 8.65. The Hall–Kier alpha value is -0.790. The zero-order valence-electron chi connectivity index (χ0n) is 13.7. The van der Waals surface area contributed by atoms with Crippen molar-refractivity contribution in [2.45, 2.75) is 97.3 Å². The van der Waals surface area contributed by atoms with Crippen molar-refractivity contribution in [1.82, 2.24) is 0 Å². The smallest absolute Gasteiger partial charge is 0.310 e. The first kappa shape index (κ1) is 19.2. The van der Waals surface area contributed by atoms with E-state index in [1.807, 2.05) is 13.0 Å².